The molecule has 0 aromatic heterocycles. The average molecular weight is 141 g/mol. The summed E-state index contributed by atoms with van der Waals surface area (Å²) in [6.45, 7) is 1.48. The number of aliphatic hydroxyl groups is 1. The molecule has 0 amide bonds. The number of rotatable bonds is 1. The van der Waals surface area contributed by atoms with Crippen LogP contribution in [-0.4, -0.2) is 24.3 Å². The Bertz CT molecular complexity index is 126. The molecule has 3 atom stereocenters. The minimum Gasteiger partial charge on any atom is -0.395 e. The Kier molecular flexibility index (Phi) is 1.66. The quantitative estimate of drug-likeness (QED) is 0.553. The monoisotopic (exact) mass is 141 g/mol. The van der Waals surface area contributed by atoms with Crippen LogP contribution in [0.3, 0.4) is 0 Å². The summed E-state index contributed by atoms with van der Waals surface area (Å²) in [7, 11) is 0. The fourth-order valence-corrected chi connectivity index (χ4v) is 2.50. The van der Waals surface area contributed by atoms with Crippen molar-refractivity contribution >= 4 is 0 Å². The zero-order valence-electron chi connectivity index (χ0n) is 6.21. The first-order chi connectivity index (χ1) is 4.92. The summed E-state index contributed by atoms with van der Waals surface area (Å²) >= 11 is 0. The molecule has 1 saturated carbocycles. The molecule has 2 aliphatic rings. The van der Waals surface area contributed by atoms with E-state index in [1.165, 1.54) is 19.3 Å². The fraction of sp³-hybridized carbons (Fsp3) is 1.00. The van der Waals surface area contributed by atoms with Gasteiger partial charge in [0.2, 0.25) is 0 Å². The van der Waals surface area contributed by atoms with Gasteiger partial charge >= 0.3 is 0 Å². The second-order valence-corrected chi connectivity index (χ2v) is 3.55. The maximum Gasteiger partial charge on any atom is 0.0587 e. The Hall–Kier alpha value is -0.0800. The molecule has 0 aromatic rings. The Morgan fingerprint density at radius 1 is 1.40 bits per heavy atom. The minimum atomic E-state index is 0.334. The first-order valence-corrected chi connectivity index (χ1v) is 4.26. The van der Waals surface area contributed by atoms with E-state index >= 15 is 0 Å². The van der Waals surface area contributed by atoms with Gasteiger partial charge < -0.3 is 10.4 Å². The smallest absolute Gasteiger partial charge is 0.0587 e. The van der Waals surface area contributed by atoms with Gasteiger partial charge in [-0.1, -0.05) is 6.42 Å². The van der Waals surface area contributed by atoms with Gasteiger partial charge in [0.15, 0.2) is 0 Å². The molecule has 1 aliphatic heterocycles. The number of nitrogens with one attached hydrogen (secondary N) is 1. The summed E-state index contributed by atoms with van der Waals surface area (Å²) < 4.78 is 0. The lowest BCUT2D eigenvalue weighted by Gasteiger charge is -2.14. The van der Waals surface area contributed by atoms with E-state index in [4.69, 9.17) is 5.11 Å². The maximum atomic E-state index is 8.95. The number of fused-ring (bicyclic) bond motifs is 1. The van der Waals surface area contributed by atoms with E-state index in [0.29, 0.717) is 12.6 Å². The van der Waals surface area contributed by atoms with Crippen LogP contribution in [0, 0.1) is 11.8 Å². The zero-order valence-corrected chi connectivity index (χ0v) is 6.21. The molecule has 2 nitrogen and oxygen atoms in total. The second kappa shape index (κ2) is 2.51. The molecule has 10 heavy (non-hydrogen) atoms. The SMILES string of the molecule is OC[C@H]1NC[C@@H]2CCC[C@@H]21. The molecule has 2 heteroatoms. The van der Waals surface area contributed by atoms with E-state index < -0.39 is 0 Å². The van der Waals surface area contributed by atoms with Crippen molar-refractivity contribution in [2.45, 2.75) is 25.3 Å². The van der Waals surface area contributed by atoms with Gasteiger partial charge in [0.1, 0.15) is 0 Å². The lowest BCUT2D eigenvalue weighted by Crippen LogP contribution is -2.30. The Morgan fingerprint density at radius 2 is 2.30 bits per heavy atom. The van der Waals surface area contributed by atoms with E-state index in [1.807, 2.05) is 0 Å². The van der Waals surface area contributed by atoms with Gasteiger partial charge in [-0.2, -0.15) is 0 Å². The number of aliphatic hydroxyl groups excluding tert-OH is 1. The zero-order chi connectivity index (χ0) is 6.97. The lowest BCUT2D eigenvalue weighted by molar-refractivity contribution is 0.222. The summed E-state index contributed by atoms with van der Waals surface area (Å²) in [4.78, 5) is 0. The van der Waals surface area contributed by atoms with Gasteiger partial charge in [-0.25, -0.2) is 0 Å². The Morgan fingerprint density at radius 3 is 3.10 bits per heavy atom. The highest BCUT2D eigenvalue weighted by atomic mass is 16.3. The number of hydrogen-bond acceptors (Lipinski definition) is 2. The van der Waals surface area contributed by atoms with Crippen molar-refractivity contribution in [3.05, 3.63) is 0 Å². The standard InChI is InChI=1S/C8H15NO/c10-5-8-7-3-1-2-6(7)4-9-8/h6-10H,1-5H2/t6-,7-,8+/m0/s1. The second-order valence-electron chi connectivity index (χ2n) is 3.55. The highest BCUT2D eigenvalue weighted by Crippen LogP contribution is 2.37. The summed E-state index contributed by atoms with van der Waals surface area (Å²) in [6.07, 6.45) is 4.10. The van der Waals surface area contributed by atoms with Gasteiger partial charge in [0.25, 0.3) is 0 Å². The summed E-state index contributed by atoms with van der Waals surface area (Å²) in [5, 5.41) is 12.3. The molecule has 2 rings (SSSR count). The van der Waals surface area contributed by atoms with E-state index in [9.17, 15) is 0 Å². The number of hydrogen-bond donors (Lipinski definition) is 2. The van der Waals surface area contributed by atoms with Gasteiger partial charge in [-0.05, 0) is 31.2 Å². The van der Waals surface area contributed by atoms with E-state index in [-0.39, 0.29) is 0 Å². The van der Waals surface area contributed by atoms with Crippen LogP contribution in [0.2, 0.25) is 0 Å². The molecule has 1 heterocycles. The molecular formula is C8H15NO. The van der Waals surface area contributed by atoms with Crippen LogP contribution in [0.5, 0.6) is 0 Å². The molecule has 1 saturated heterocycles. The van der Waals surface area contributed by atoms with Crippen LogP contribution in [-0.2, 0) is 0 Å². The van der Waals surface area contributed by atoms with Crippen molar-refractivity contribution in [1.29, 1.82) is 0 Å². The predicted molar refractivity (Wildman–Crippen MR) is 39.7 cm³/mol. The highest BCUT2D eigenvalue weighted by Gasteiger charge is 2.38. The molecule has 58 valence electrons. The molecule has 1 aliphatic carbocycles. The van der Waals surface area contributed by atoms with Crippen molar-refractivity contribution in [3.8, 4) is 0 Å². The van der Waals surface area contributed by atoms with E-state index in [2.05, 4.69) is 5.32 Å². The Labute approximate surface area is 61.6 Å². The lowest BCUT2D eigenvalue weighted by atomic mass is 9.95. The molecule has 2 fully saturated rings. The van der Waals surface area contributed by atoms with Gasteiger partial charge in [-0.15, -0.1) is 0 Å². The largest absolute Gasteiger partial charge is 0.395 e. The summed E-state index contributed by atoms with van der Waals surface area (Å²) in [5.74, 6) is 1.68. The van der Waals surface area contributed by atoms with Crippen molar-refractivity contribution in [1.82, 2.24) is 5.32 Å². The van der Waals surface area contributed by atoms with Crippen LogP contribution in [0.1, 0.15) is 19.3 Å². The summed E-state index contributed by atoms with van der Waals surface area (Å²) in [6, 6.07) is 0.424. The van der Waals surface area contributed by atoms with Crippen LogP contribution in [0.15, 0.2) is 0 Å². The average Bonchev–Trinajstić information content (AvgIpc) is 2.44. The van der Waals surface area contributed by atoms with Crippen molar-refractivity contribution < 1.29 is 5.11 Å². The molecule has 2 N–H and O–H groups in total. The van der Waals surface area contributed by atoms with Crippen LogP contribution >= 0.6 is 0 Å². The Balaban J connectivity index is 2.01. The maximum absolute atomic E-state index is 8.95. The van der Waals surface area contributed by atoms with Crippen LogP contribution in [0.4, 0.5) is 0 Å². The van der Waals surface area contributed by atoms with Crippen LogP contribution in [0.25, 0.3) is 0 Å². The molecule has 0 unspecified atom stereocenters. The first-order valence-electron chi connectivity index (χ1n) is 4.26. The van der Waals surface area contributed by atoms with Gasteiger partial charge in [-0.3, -0.25) is 0 Å². The molecular weight excluding hydrogens is 126 g/mol. The topological polar surface area (TPSA) is 32.3 Å². The summed E-state index contributed by atoms with van der Waals surface area (Å²) in [5.41, 5.74) is 0. The normalized spacial score (nSPS) is 45.9. The molecule has 0 bridgehead atoms. The van der Waals surface area contributed by atoms with Gasteiger partial charge in [0.05, 0.1) is 6.61 Å². The molecule has 0 aromatic carbocycles. The van der Waals surface area contributed by atoms with Crippen molar-refractivity contribution in [2.24, 2.45) is 11.8 Å². The van der Waals surface area contributed by atoms with Crippen molar-refractivity contribution in [3.63, 3.8) is 0 Å². The fourth-order valence-electron chi connectivity index (χ4n) is 2.50. The first kappa shape index (κ1) is 6.62. The third-order valence-electron chi connectivity index (χ3n) is 3.07. The van der Waals surface area contributed by atoms with Crippen LogP contribution < -0.4 is 5.32 Å². The third kappa shape index (κ3) is 0.867. The molecule has 0 radical (unpaired) electrons. The predicted octanol–water partition coefficient (Wildman–Crippen LogP) is 0.367. The van der Waals surface area contributed by atoms with E-state index in [0.717, 1.165) is 18.4 Å². The highest BCUT2D eigenvalue weighted by molar-refractivity contribution is 4.93. The van der Waals surface area contributed by atoms with Crippen molar-refractivity contribution in [2.75, 3.05) is 13.2 Å². The van der Waals surface area contributed by atoms with E-state index in [1.54, 1.807) is 0 Å². The third-order valence-corrected chi connectivity index (χ3v) is 3.07. The molecule has 0 spiro atoms. The van der Waals surface area contributed by atoms with Gasteiger partial charge in [0, 0.05) is 6.04 Å². The minimum absolute atomic E-state index is 0.334.